The quantitative estimate of drug-likeness (QED) is 0.322. The van der Waals surface area contributed by atoms with Gasteiger partial charge in [0.1, 0.15) is 0 Å². The topological polar surface area (TPSA) is 109 Å². The summed E-state index contributed by atoms with van der Waals surface area (Å²) in [5.74, 6) is -4.88. The Hall–Kier alpha value is -2.75. The highest BCUT2D eigenvalue weighted by molar-refractivity contribution is 7.07. The molecule has 1 spiro atoms. The lowest BCUT2D eigenvalue weighted by Crippen LogP contribution is -2.47. The molecule has 1 atom stereocenters. The van der Waals surface area contributed by atoms with Crippen molar-refractivity contribution in [3.63, 3.8) is 0 Å². The van der Waals surface area contributed by atoms with Crippen LogP contribution in [0.15, 0.2) is 41.4 Å². The molecule has 2 aliphatic heterocycles. The lowest BCUT2D eigenvalue weighted by molar-refractivity contribution is -0.193. The zero-order valence-corrected chi connectivity index (χ0v) is 22.1. The Bertz CT molecular complexity index is 1000. The number of piperidine rings is 1. The molecule has 1 unspecified atom stereocenters. The van der Waals surface area contributed by atoms with Gasteiger partial charge in [-0.05, 0) is 65.6 Å². The van der Waals surface area contributed by atoms with Crippen LogP contribution in [0.25, 0.3) is 0 Å². The molecule has 2 aromatic heterocycles. The third kappa shape index (κ3) is 11.4. The molecule has 2 aliphatic rings. The van der Waals surface area contributed by atoms with Crippen molar-refractivity contribution in [2.45, 2.75) is 56.8 Å². The molecule has 0 radical (unpaired) electrons. The maximum Gasteiger partial charge on any atom is 0.490 e. The Morgan fingerprint density at radius 2 is 1.70 bits per heavy atom. The van der Waals surface area contributed by atoms with Crippen LogP contribution in [0, 0.1) is 5.92 Å². The molecule has 2 saturated heterocycles. The highest BCUT2D eigenvalue weighted by Crippen LogP contribution is 2.42. The predicted octanol–water partition coefficient (Wildman–Crippen LogP) is 5.39. The smallest absolute Gasteiger partial charge is 0.475 e. The number of carboxylic acids is 2. The van der Waals surface area contributed by atoms with Crippen LogP contribution in [0.1, 0.15) is 36.8 Å². The highest BCUT2D eigenvalue weighted by atomic mass is 32.1. The average Bonchev–Trinajstić information content (AvgIpc) is 3.54. The van der Waals surface area contributed by atoms with E-state index in [-0.39, 0.29) is 5.60 Å². The second-order valence-corrected chi connectivity index (χ2v) is 9.89. The van der Waals surface area contributed by atoms with Gasteiger partial charge in [0.25, 0.3) is 0 Å². The SMILES string of the molecule is O=C(O)C(F)(F)F.O=C(O)C(F)(F)F.c1cncc(COCCC2CCOC23CCN(Cc2ccsc2)CC3)c1. The van der Waals surface area contributed by atoms with E-state index in [0.29, 0.717) is 12.5 Å². The number of halogens is 6. The minimum Gasteiger partial charge on any atom is -0.475 e. The number of aromatic nitrogens is 1. The van der Waals surface area contributed by atoms with Crippen molar-refractivity contribution in [1.82, 2.24) is 9.88 Å². The zero-order chi connectivity index (χ0) is 29.8. The van der Waals surface area contributed by atoms with Crippen molar-refractivity contribution in [3.8, 4) is 0 Å². The van der Waals surface area contributed by atoms with Crippen LogP contribution >= 0.6 is 11.3 Å². The van der Waals surface area contributed by atoms with Gasteiger partial charge in [0.2, 0.25) is 0 Å². The number of hydrogen-bond acceptors (Lipinski definition) is 7. The molecular weight excluding hydrogens is 570 g/mol. The van der Waals surface area contributed by atoms with Gasteiger partial charge in [-0.25, -0.2) is 9.59 Å². The number of hydrogen-bond donors (Lipinski definition) is 2. The molecule has 0 aliphatic carbocycles. The van der Waals surface area contributed by atoms with Crippen LogP contribution < -0.4 is 0 Å². The van der Waals surface area contributed by atoms with Gasteiger partial charge in [0, 0.05) is 45.2 Å². The number of ether oxygens (including phenoxy) is 2. The highest BCUT2D eigenvalue weighted by Gasteiger charge is 2.45. The van der Waals surface area contributed by atoms with Gasteiger partial charge in [-0.15, -0.1) is 0 Å². The van der Waals surface area contributed by atoms with E-state index in [4.69, 9.17) is 29.3 Å². The normalized spacial score (nSPS) is 18.8. The number of rotatable bonds is 7. The number of pyridine rings is 1. The number of nitrogens with zero attached hydrogens (tertiary/aromatic N) is 2. The van der Waals surface area contributed by atoms with Crippen molar-refractivity contribution in [2.75, 3.05) is 26.3 Å². The summed E-state index contributed by atoms with van der Waals surface area (Å²) in [5.41, 5.74) is 2.69. The van der Waals surface area contributed by atoms with Crippen molar-refractivity contribution >= 4 is 23.3 Å². The molecule has 40 heavy (non-hydrogen) atoms. The first-order valence-electron chi connectivity index (χ1n) is 12.2. The molecule has 4 rings (SSSR count). The van der Waals surface area contributed by atoms with E-state index in [0.717, 1.165) is 57.7 Å². The zero-order valence-electron chi connectivity index (χ0n) is 21.3. The van der Waals surface area contributed by atoms with Crippen molar-refractivity contribution in [3.05, 3.63) is 52.5 Å². The number of likely N-dealkylation sites (tertiary alicyclic amines) is 1. The summed E-state index contributed by atoms with van der Waals surface area (Å²) in [6.45, 7) is 5.74. The Kier molecular flexibility index (Phi) is 12.8. The van der Waals surface area contributed by atoms with E-state index in [9.17, 15) is 26.3 Å². The summed E-state index contributed by atoms with van der Waals surface area (Å²) < 4.78 is 75.7. The Labute approximate surface area is 230 Å². The maximum absolute atomic E-state index is 10.6. The largest absolute Gasteiger partial charge is 0.490 e. The molecular formula is C25H30F6N2O6S. The number of carbonyl (C=O) groups is 2. The molecule has 0 saturated carbocycles. The predicted molar refractivity (Wildman–Crippen MR) is 132 cm³/mol. The minimum atomic E-state index is -5.08. The summed E-state index contributed by atoms with van der Waals surface area (Å²) >= 11 is 1.79. The van der Waals surface area contributed by atoms with Crippen LogP contribution in [0.2, 0.25) is 0 Å². The monoisotopic (exact) mass is 600 g/mol. The lowest BCUT2D eigenvalue weighted by Gasteiger charge is -2.42. The van der Waals surface area contributed by atoms with Gasteiger partial charge >= 0.3 is 24.3 Å². The lowest BCUT2D eigenvalue weighted by atomic mass is 9.78. The van der Waals surface area contributed by atoms with Gasteiger partial charge < -0.3 is 19.7 Å². The minimum absolute atomic E-state index is 0.100. The van der Waals surface area contributed by atoms with Crippen LogP contribution in [-0.4, -0.2) is 76.3 Å². The molecule has 0 aromatic carbocycles. The number of carboxylic acid groups (broad SMARTS) is 2. The number of aliphatic carboxylic acids is 2. The van der Waals surface area contributed by atoms with E-state index in [1.165, 1.54) is 12.0 Å². The Morgan fingerprint density at radius 1 is 1.07 bits per heavy atom. The molecule has 0 amide bonds. The van der Waals surface area contributed by atoms with E-state index >= 15 is 0 Å². The van der Waals surface area contributed by atoms with Gasteiger partial charge in [-0.3, -0.25) is 9.88 Å². The molecule has 4 heterocycles. The van der Waals surface area contributed by atoms with Gasteiger partial charge in [-0.1, -0.05) is 6.07 Å². The van der Waals surface area contributed by atoms with Crippen LogP contribution in [0.3, 0.4) is 0 Å². The van der Waals surface area contributed by atoms with Crippen LogP contribution in [0.5, 0.6) is 0 Å². The first-order valence-corrected chi connectivity index (χ1v) is 13.1. The molecule has 2 aromatic rings. The van der Waals surface area contributed by atoms with Crippen LogP contribution in [0.4, 0.5) is 26.3 Å². The Balaban J connectivity index is 0.000000333. The number of thiophene rings is 1. The molecule has 2 N–H and O–H groups in total. The fraction of sp³-hybridized carbons (Fsp3) is 0.560. The summed E-state index contributed by atoms with van der Waals surface area (Å²) in [6, 6.07) is 6.27. The average molecular weight is 601 g/mol. The molecule has 8 nitrogen and oxygen atoms in total. The third-order valence-electron chi connectivity index (χ3n) is 6.38. The van der Waals surface area contributed by atoms with E-state index in [1.54, 1.807) is 17.5 Å². The van der Waals surface area contributed by atoms with Gasteiger partial charge in [0.05, 0.1) is 12.2 Å². The molecule has 15 heteroatoms. The summed E-state index contributed by atoms with van der Waals surface area (Å²) in [7, 11) is 0. The van der Waals surface area contributed by atoms with Crippen molar-refractivity contribution < 1.29 is 55.6 Å². The molecule has 224 valence electrons. The Morgan fingerprint density at radius 3 is 2.20 bits per heavy atom. The van der Waals surface area contributed by atoms with Crippen LogP contribution in [-0.2, 0) is 32.2 Å². The number of alkyl halides is 6. The van der Waals surface area contributed by atoms with Gasteiger partial charge in [-0.2, -0.15) is 37.7 Å². The standard InChI is InChI=1S/C21H28N2O2S.2C2HF3O2/c1-2-18(14-22-8-1)16-24-11-3-20-4-12-25-21(20)6-9-23(10-7-21)15-19-5-13-26-17-19;2*3-2(4,5)1(6)7/h1-2,5,8,13-14,17,20H,3-4,6-7,9-12,15-16H2;2*(H,6,7). The maximum atomic E-state index is 10.6. The third-order valence-corrected chi connectivity index (χ3v) is 7.11. The second kappa shape index (κ2) is 15.3. The second-order valence-electron chi connectivity index (χ2n) is 9.11. The van der Waals surface area contributed by atoms with E-state index in [1.807, 2.05) is 12.3 Å². The van der Waals surface area contributed by atoms with E-state index in [2.05, 4.69) is 32.8 Å². The first-order chi connectivity index (χ1) is 18.7. The summed E-state index contributed by atoms with van der Waals surface area (Å²) in [6.07, 6.45) is -1.89. The van der Waals surface area contributed by atoms with Crippen molar-refractivity contribution in [1.29, 1.82) is 0 Å². The fourth-order valence-electron chi connectivity index (χ4n) is 4.37. The van der Waals surface area contributed by atoms with Gasteiger partial charge in [0.15, 0.2) is 0 Å². The van der Waals surface area contributed by atoms with Crippen molar-refractivity contribution in [2.24, 2.45) is 5.92 Å². The fourth-order valence-corrected chi connectivity index (χ4v) is 5.03. The van der Waals surface area contributed by atoms with E-state index < -0.39 is 24.3 Å². The summed E-state index contributed by atoms with van der Waals surface area (Å²) in [4.78, 5) is 24.5. The molecule has 2 fully saturated rings. The summed E-state index contributed by atoms with van der Waals surface area (Å²) in [5, 5.41) is 18.7. The first kappa shape index (κ1) is 33.5. The molecule has 0 bridgehead atoms.